The van der Waals surface area contributed by atoms with E-state index >= 15 is 0 Å². The topological polar surface area (TPSA) is 75.4 Å². The largest absolute Gasteiger partial charge is 0.360 e. The first kappa shape index (κ1) is 24.1. The minimum atomic E-state index is -0.589. The molecule has 1 aliphatic rings. The molecule has 0 spiro atoms. The summed E-state index contributed by atoms with van der Waals surface area (Å²) in [5, 5.41) is 7.78. The van der Waals surface area contributed by atoms with Crippen molar-refractivity contribution in [3.05, 3.63) is 64.5 Å². The van der Waals surface area contributed by atoms with Crippen molar-refractivity contribution in [2.45, 2.75) is 65.0 Å². The Morgan fingerprint density at radius 3 is 2.50 bits per heavy atom. The fourth-order valence-electron chi connectivity index (χ4n) is 3.88. The second kappa shape index (κ2) is 9.49. The Balaban J connectivity index is 1.77. The summed E-state index contributed by atoms with van der Waals surface area (Å²) in [5.41, 5.74) is 2.42. The number of carbonyl (C=O) groups excluding carboxylic acids is 2. The summed E-state index contributed by atoms with van der Waals surface area (Å²) in [6.45, 7) is 14.9. The first-order valence-corrected chi connectivity index (χ1v) is 11.3. The van der Waals surface area contributed by atoms with E-state index in [1.165, 1.54) is 0 Å². The molecule has 0 bridgehead atoms. The van der Waals surface area contributed by atoms with Crippen LogP contribution in [0.4, 0.5) is 0 Å². The molecule has 172 valence electrons. The molecule has 0 radical (unpaired) electrons. The number of likely N-dealkylation sites (tertiary alicyclic amines) is 1. The first-order valence-electron chi connectivity index (χ1n) is 10.9. The van der Waals surface area contributed by atoms with E-state index < -0.39 is 12.0 Å². The van der Waals surface area contributed by atoms with Gasteiger partial charge in [-0.1, -0.05) is 75.7 Å². The summed E-state index contributed by atoms with van der Waals surface area (Å²) in [4.78, 5) is 28.3. The van der Waals surface area contributed by atoms with Crippen molar-refractivity contribution in [3.63, 3.8) is 0 Å². The second-order valence-electron chi connectivity index (χ2n) is 9.87. The quantitative estimate of drug-likeness (QED) is 0.630. The number of rotatable bonds is 6. The number of nitrogens with one attached hydrogen (secondary N) is 1. The number of benzene rings is 1. The van der Waals surface area contributed by atoms with Gasteiger partial charge >= 0.3 is 0 Å². The molecular weight excluding hydrogens is 426 g/mol. The maximum atomic E-state index is 13.6. The Morgan fingerprint density at radius 1 is 1.28 bits per heavy atom. The molecule has 1 aliphatic heterocycles. The van der Waals surface area contributed by atoms with Crippen molar-refractivity contribution < 1.29 is 14.1 Å². The van der Waals surface area contributed by atoms with E-state index in [9.17, 15) is 9.59 Å². The molecule has 2 heterocycles. The van der Waals surface area contributed by atoms with Gasteiger partial charge < -0.3 is 14.7 Å². The van der Waals surface area contributed by atoms with Crippen molar-refractivity contribution in [2.75, 3.05) is 6.54 Å². The molecule has 3 rings (SSSR count). The van der Waals surface area contributed by atoms with E-state index in [0.717, 1.165) is 16.8 Å². The van der Waals surface area contributed by atoms with Crippen molar-refractivity contribution in [2.24, 2.45) is 5.92 Å². The molecule has 1 N–H and O–H groups in total. The molecule has 1 aromatic heterocycles. The van der Waals surface area contributed by atoms with Crippen molar-refractivity contribution in [1.29, 1.82) is 0 Å². The molecule has 2 atom stereocenters. The fraction of sp³-hybridized carbons (Fsp3) is 0.480. The molecule has 32 heavy (non-hydrogen) atoms. The molecule has 0 saturated carbocycles. The van der Waals surface area contributed by atoms with Crippen molar-refractivity contribution in [3.8, 4) is 0 Å². The van der Waals surface area contributed by atoms with Gasteiger partial charge in [0.15, 0.2) is 0 Å². The van der Waals surface area contributed by atoms with Crippen LogP contribution in [-0.4, -0.2) is 34.5 Å². The van der Waals surface area contributed by atoms with Crippen LogP contribution < -0.4 is 5.32 Å². The van der Waals surface area contributed by atoms with Crippen LogP contribution in [0.5, 0.6) is 0 Å². The summed E-state index contributed by atoms with van der Waals surface area (Å²) in [6.07, 6.45) is 0.451. The maximum absolute atomic E-state index is 13.6. The van der Waals surface area contributed by atoms with Gasteiger partial charge in [-0.25, -0.2) is 0 Å². The number of halogens is 1. The van der Waals surface area contributed by atoms with E-state index in [0.29, 0.717) is 30.3 Å². The highest BCUT2D eigenvalue weighted by Crippen LogP contribution is 2.33. The van der Waals surface area contributed by atoms with Crippen LogP contribution in [0.25, 0.3) is 0 Å². The standard InChI is InChI=1S/C25H32ClN3O3/c1-15(2)22(20-12-21(28-32-20)25(4,5)6)24(31)29-14-16(3)11-19(29)23(30)27-13-17-7-9-18(26)10-8-17/h7-10,12,15,19,22H,3,11,13-14H2,1-2,4-6H3,(H,27,30). The zero-order valence-electron chi connectivity index (χ0n) is 19.4. The molecule has 2 unspecified atom stereocenters. The number of hydrogen-bond acceptors (Lipinski definition) is 4. The zero-order chi connectivity index (χ0) is 23.6. The normalized spacial score (nSPS) is 17.7. The molecule has 2 aromatic rings. The summed E-state index contributed by atoms with van der Waals surface area (Å²) in [7, 11) is 0. The highest BCUT2D eigenvalue weighted by molar-refractivity contribution is 6.30. The van der Waals surface area contributed by atoms with Crippen LogP contribution in [0.15, 0.2) is 47.0 Å². The number of carbonyl (C=O) groups is 2. The summed E-state index contributed by atoms with van der Waals surface area (Å²) in [5.74, 6) is -0.331. The first-order chi connectivity index (χ1) is 15.0. The van der Waals surface area contributed by atoms with Gasteiger partial charge in [-0.2, -0.15) is 0 Å². The molecule has 1 aromatic carbocycles. The SMILES string of the molecule is C=C1CC(C(=O)NCc2ccc(Cl)cc2)N(C(=O)C(c2cc(C(C)(C)C)no2)C(C)C)C1. The van der Waals surface area contributed by atoms with Crippen LogP contribution >= 0.6 is 11.6 Å². The lowest BCUT2D eigenvalue weighted by Crippen LogP contribution is -2.47. The van der Waals surface area contributed by atoms with Crippen LogP contribution in [0.3, 0.4) is 0 Å². The van der Waals surface area contributed by atoms with E-state index in [1.807, 2.05) is 52.8 Å². The molecule has 7 heteroatoms. The Morgan fingerprint density at radius 2 is 1.94 bits per heavy atom. The van der Waals surface area contributed by atoms with Crippen LogP contribution in [0.1, 0.15) is 64.0 Å². The lowest BCUT2D eigenvalue weighted by molar-refractivity contribution is -0.140. The van der Waals surface area contributed by atoms with E-state index in [1.54, 1.807) is 17.0 Å². The zero-order valence-corrected chi connectivity index (χ0v) is 20.2. The number of hydrogen-bond donors (Lipinski definition) is 1. The monoisotopic (exact) mass is 457 g/mol. The van der Waals surface area contributed by atoms with Gasteiger partial charge in [0.05, 0.1) is 5.69 Å². The summed E-state index contributed by atoms with van der Waals surface area (Å²) in [6, 6.07) is 8.58. The minimum Gasteiger partial charge on any atom is -0.360 e. The van der Waals surface area contributed by atoms with Crippen LogP contribution in [-0.2, 0) is 21.5 Å². The van der Waals surface area contributed by atoms with Gasteiger partial charge in [-0.3, -0.25) is 9.59 Å². The molecule has 1 saturated heterocycles. The fourth-order valence-corrected chi connectivity index (χ4v) is 4.00. The van der Waals surface area contributed by atoms with Gasteiger partial charge in [0.2, 0.25) is 11.8 Å². The van der Waals surface area contributed by atoms with E-state index in [4.69, 9.17) is 16.1 Å². The molecular formula is C25H32ClN3O3. The predicted octanol–water partition coefficient (Wildman–Crippen LogP) is 4.84. The highest BCUT2D eigenvalue weighted by Gasteiger charge is 2.41. The number of nitrogens with zero attached hydrogens (tertiary/aromatic N) is 2. The third-order valence-corrected chi connectivity index (χ3v) is 6.01. The maximum Gasteiger partial charge on any atom is 0.243 e. The van der Waals surface area contributed by atoms with Gasteiger partial charge in [0, 0.05) is 29.6 Å². The van der Waals surface area contributed by atoms with Crippen LogP contribution in [0, 0.1) is 5.92 Å². The average molecular weight is 458 g/mol. The Bertz CT molecular complexity index is 989. The third kappa shape index (κ3) is 5.41. The molecule has 1 fully saturated rings. The Labute approximate surface area is 195 Å². The van der Waals surface area contributed by atoms with E-state index in [2.05, 4.69) is 17.1 Å². The van der Waals surface area contributed by atoms with Crippen LogP contribution in [0.2, 0.25) is 5.02 Å². The van der Waals surface area contributed by atoms with Gasteiger partial charge in [-0.15, -0.1) is 0 Å². The number of aromatic nitrogens is 1. The smallest absolute Gasteiger partial charge is 0.243 e. The minimum absolute atomic E-state index is 0.0186. The number of amides is 2. The highest BCUT2D eigenvalue weighted by atomic mass is 35.5. The van der Waals surface area contributed by atoms with Gasteiger partial charge in [0.25, 0.3) is 0 Å². The Kier molecular flexibility index (Phi) is 7.13. The summed E-state index contributed by atoms with van der Waals surface area (Å²) < 4.78 is 5.60. The van der Waals surface area contributed by atoms with E-state index in [-0.39, 0.29) is 23.1 Å². The van der Waals surface area contributed by atoms with Gasteiger partial charge in [-0.05, 0) is 30.0 Å². The second-order valence-corrected chi connectivity index (χ2v) is 10.3. The third-order valence-electron chi connectivity index (χ3n) is 5.75. The van der Waals surface area contributed by atoms with Crippen molar-refractivity contribution >= 4 is 23.4 Å². The van der Waals surface area contributed by atoms with Gasteiger partial charge in [0.1, 0.15) is 17.7 Å². The predicted molar refractivity (Wildman–Crippen MR) is 125 cm³/mol. The Hall–Kier alpha value is -2.60. The lowest BCUT2D eigenvalue weighted by atomic mass is 9.88. The lowest BCUT2D eigenvalue weighted by Gasteiger charge is -2.28. The molecule has 2 amide bonds. The molecule has 6 nitrogen and oxygen atoms in total. The average Bonchev–Trinajstić information content (AvgIpc) is 3.34. The molecule has 0 aliphatic carbocycles. The summed E-state index contributed by atoms with van der Waals surface area (Å²) >= 11 is 5.93. The van der Waals surface area contributed by atoms with Crippen molar-refractivity contribution in [1.82, 2.24) is 15.4 Å².